The lowest BCUT2D eigenvalue weighted by atomic mass is 9.77. The maximum absolute atomic E-state index is 13.1. The van der Waals surface area contributed by atoms with Gasteiger partial charge in [-0.1, -0.05) is 45.2 Å². The van der Waals surface area contributed by atoms with Crippen LogP contribution in [0.4, 0.5) is 0 Å². The number of nitrogens with one attached hydrogen (secondary N) is 2. The minimum absolute atomic E-state index is 0. The molecule has 0 radical (unpaired) electrons. The summed E-state index contributed by atoms with van der Waals surface area (Å²) in [5, 5.41) is 16.7. The second kappa shape index (κ2) is 19.3. The molecule has 5 N–H and O–H groups in total. The van der Waals surface area contributed by atoms with Crippen LogP contribution in [-0.4, -0.2) is 75.2 Å². The Hall–Kier alpha value is -1.91. The Kier molecular flexibility index (Phi) is 17.5. The predicted octanol–water partition coefficient (Wildman–Crippen LogP) is 4.10. The highest BCUT2D eigenvalue weighted by Crippen LogP contribution is 2.35. The van der Waals surface area contributed by atoms with Crippen LogP contribution in [-0.2, 0) is 14.3 Å². The van der Waals surface area contributed by atoms with E-state index in [0.29, 0.717) is 37.5 Å². The van der Waals surface area contributed by atoms with Gasteiger partial charge in [-0.15, -0.1) is 12.4 Å². The molecule has 1 aliphatic rings. The summed E-state index contributed by atoms with van der Waals surface area (Å²) in [5.41, 5.74) is 5.95. The summed E-state index contributed by atoms with van der Waals surface area (Å²) in [6, 6.07) is 6.66. The molecule has 0 spiro atoms. The van der Waals surface area contributed by atoms with E-state index in [4.69, 9.17) is 19.9 Å². The lowest BCUT2D eigenvalue weighted by Crippen LogP contribution is -2.54. The van der Waals surface area contributed by atoms with Crippen LogP contribution in [0.1, 0.15) is 82.5 Å². The number of ether oxygens (including phenoxy) is 3. The van der Waals surface area contributed by atoms with Crippen LogP contribution in [0.3, 0.4) is 0 Å². The third-order valence-corrected chi connectivity index (χ3v) is 8.40. The average Bonchev–Trinajstić information content (AvgIpc) is 2.97. The molecule has 0 bridgehead atoms. The third kappa shape index (κ3) is 11.7. The van der Waals surface area contributed by atoms with Gasteiger partial charge in [0.15, 0.2) is 0 Å². The van der Waals surface area contributed by atoms with E-state index in [-0.39, 0.29) is 48.5 Å². The molecular weight excluding hydrogens is 546 g/mol. The molecule has 4 unspecified atom stereocenters. The first-order valence-corrected chi connectivity index (χ1v) is 14.9. The smallest absolute Gasteiger partial charge is 0.255 e. The van der Waals surface area contributed by atoms with Crippen molar-refractivity contribution in [2.45, 2.75) is 89.9 Å². The van der Waals surface area contributed by atoms with E-state index < -0.39 is 17.7 Å². The maximum Gasteiger partial charge on any atom is 0.255 e. The first-order chi connectivity index (χ1) is 19.1. The molecule has 0 aromatic heterocycles. The molecule has 1 aliphatic carbocycles. The fraction of sp³-hybridized carbons (Fsp3) is 0.742. The summed E-state index contributed by atoms with van der Waals surface area (Å²) in [5.74, 6) is 0.567. The van der Waals surface area contributed by atoms with E-state index in [9.17, 15) is 14.7 Å². The number of hydrogen-bond acceptors (Lipinski definition) is 7. The number of benzene rings is 1. The monoisotopic (exact) mass is 599 g/mol. The highest BCUT2D eigenvalue weighted by Gasteiger charge is 2.42. The summed E-state index contributed by atoms with van der Waals surface area (Å²) in [4.78, 5) is 26.1. The Morgan fingerprint density at radius 3 is 2.34 bits per heavy atom. The number of unbranched alkanes of at least 4 members (excludes halogenated alkanes) is 1. The Labute approximate surface area is 253 Å². The Morgan fingerprint density at radius 2 is 1.71 bits per heavy atom. The minimum Gasteiger partial charge on any atom is -0.493 e. The van der Waals surface area contributed by atoms with E-state index >= 15 is 0 Å². The quantitative estimate of drug-likeness (QED) is 0.187. The van der Waals surface area contributed by atoms with E-state index in [1.54, 1.807) is 26.4 Å². The van der Waals surface area contributed by atoms with Gasteiger partial charge in [0, 0.05) is 40.0 Å². The van der Waals surface area contributed by atoms with Gasteiger partial charge in [-0.25, -0.2) is 0 Å². The first kappa shape index (κ1) is 37.1. The molecule has 41 heavy (non-hydrogen) atoms. The van der Waals surface area contributed by atoms with Gasteiger partial charge in [0.05, 0.1) is 18.3 Å². The highest BCUT2D eigenvalue weighted by atomic mass is 35.5. The molecule has 236 valence electrons. The van der Waals surface area contributed by atoms with Crippen LogP contribution in [0.15, 0.2) is 24.3 Å². The number of carbonyl (C=O) groups excluding carboxylic acids is 2. The van der Waals surface area contributed by atoms with Gasteiger partial charge >= 0.3 is 0 Å². The molecule has 2 amide bonds. The topological polar surface area (TPSA) is 132 Å². The maximum atomic E-state index is 13.1. The zero-order chi connectivity index (χ0) is 29.5. The van der Waals surface area contributed by atoms with Crippen LogP contribution in [0, 0.1) is 17.8 Å². The lowest BCUT2D eigenvalue weighted by Gasteiger charge is -2.37. The molecule has 0 aliphatic heterocycles. The van der Waals surface area contributed by atoms with Gasteiger partial charge in [-0.05, 0) is 68.9 Å². The Morgan fingerprint density at radius 1 is 1.05 bits per heavy atom. The van der Waals surface area contributed by atoms with Crippen molar-refractivity contribution in [3.63, 3.8) is 0 Å². The summed E-state index contributed by atoms with van der Waals surface area (Å²) < 4.78 is 16.6. The second-order valence-electron chi connectivity index (χ2n) is 11.6. The predicted molar refractivity (Wildman–Crippen MR) is 165 cm³/mol. The SMILES string of the molecule is COCCCCOc1ccccc1C(=O)NCC(CC(N)C(O)CNC(=O)C(C)(OC)C1CCCCC1)C(C)C.Cl. The van der Waals surface area contributed by atoms with Gasteiger partial charge in [0.25, 0.3) is 11.8 Å². The van der Waals surface area contributed by atoms with Crippen molar-refractivity contribution in [2.75, 3.05) is 40.5 Å². The number of hydrogen-bond donors (Lipinski definition) is 4. The van der Waals surface area contributed by atoms with Crippen molar-refractivity contribution in [3.05, 3.63) is 29.8 Å². The largest absolute Gasteiger partial charge is 0.493 e. The fourth-order valence-corrected chi connectivity index (χ4v) is 5.35. The van der Waals surface area contributed by atoms with Gasteiger partial charge < -0.3 is 35.7 Å². The number of halogens is 1. The number of aliphatic hydroxyl groups is 1. The molecule has 4 atom stereocenters. The zero-order valence-electron chi connectivity index (χ0n) is 25.7. The van der Waals surface area contributed by atoms with Crippen molar-refractivity contribution in [3.8, 4) is 5.75 Å². The highest BCUT2D eigenvalue weighted by molar-refractivity contribution is 5.96. The van der Waals surface area contributed by atoms with Crippen LogP contribution in [0.2, 0.25) is 0 Å². The van der Waals surface area contributed by atoms with Crippen molar-refractivity contribution >= 4 is 24.2 Å². The zero-order valence-corrected chi connectivity index (χ0v) is 26.5. The fourth-order valence-electron chi connectivity index (χ4n) is 5.35. The molecule has 0 saturated heterocycles. The van der Waals surface area contributed by atoms with E-state index in [1.165, 1.54) is 6.42 Å². The van der Waals surface area contributed by atoms with Gasteiger partial charge in [0.1, 0.15) is 11.4 Å². The van der Waals surface area contributed by atoms with E-state index in [1.807, 2.05) is 19.1 Å². The number of nitrogens with two attached hydrogens (primary N) is 1. The molecule has 0 heterocycles. The number of amides is 2. The molecule has 9 nitrogen and oxygen atoms in total. The third-order valence-electron chi connectivity index (χ3n) is 8.40. The molecule has 1 saturated carbocycles. The van der Waals surface area contributed by atoms with Gasteiger partial charge in [-0.2, -0.15) is 0 Å². The first-order valence-electron chi connectivity index (χ1n) is 14.9. The average molecular weight is 600 g/mol. The molecule has 1 aromatic rings. The lowest BCUT2D eigenvalue weighted by molar-refractivity contribution is -0.150. The second-order valence-corrected chi connectivity index (χ2v) is 11.6. The van der Waals surface area contributed by atoms with Crippen molar-refractivity contribution < 1.29 is 28.9 Å². The van der Waals surface area contributed by atoms with Crippen molar-refractivity contribution in [2.24, 2.45) is 23.5 Å². The Bertz CT molecular complexity index is 898. The molecule has 10 heteroatoms. The summed E-state index contributed by atoms with van der Waals surface area (Å²) in [7, 11) is 3.25. The van der Waals surface area contributed by atoms with Gasteiger partial charge in [-0.3, -0.25) is 9.59 Å². The summed E-state index contributed by atoms with van der Waals surface area (Å²) >= 11 is 0. The van der Waals surface area contributed by atoms with E-state index in [0.717, 1.165) is 38.5 Å². The molecule has 2 rings (SSSR count). The molecular formula is C31H54ClN3O6. The minimum atomic E-state index is -0.918. The van der Waals surface area contributed by atoms with Gasteiger partial charge in [0.2, 0.25) is 0 Å². The van der Waals surface area contributed by atoms with Crippen LogP contribution in [0.25, 0.3) is 0 Å². The molecule has 1 fully saturated rings. The summed E-state index contributed by atoms with van der Waals surface area (Å²) in [6.45, 7) is 7.64. The van der Waals surface area contributed by atoms with Crippen molar-refractivity contribution in [1.29, 1.82) is 0 Å². The molecule has 1 aromatic carbocycles. The number of para-hydroxylation sites is 1. The number of aliphatic hydroxyl groups excluding tert-OH is 1. The normalized spacial score (nSPS) is 17.6. The number of methoxy groups -OCH3 is 2. The summed E-state index contributed by atoms with van der Waals surface area (Å²) in [6.07, 6.45) is 6.64. The Balaban J connectivity index is 0.00000840. The van der Waals surface area contributed by atoms with Crippen molar-refractivity contribution in [1.82, 2.24) is 10.6 Å². The van der Waals surface area contributed by atoms with Crippen LogP contribution in [0.5, 0.6) is 5.75 Å². The number of carbonyl (C=O) groups is 2. The number of rotatable bonds is 18. The van der Waals surface area contributed by atoms with E-state index in [2.05, 4.69) is 24.5 Å². The van der Waals surface area contributed by atoms with Crippen LogP contribution >= 0.6 is 12.4 Å². The van der Waals surface area contributed by atoms with Crippen LogP contribution < -0.4 is 21.1 Å². The standard InChI is InChI=1S/C31H53N3O6.ClH/c1-22(2)23(20-33-29(36)25-15-9-10-16-28(25)40-18-12-11-17-38-4)19-26(32)27(35)21-34-30(37)31(3,39-5)24-13-7-6-8-14-24;/h9-10,15-16,22-24,26-27,35H,6-8,11-14,17-21,32H2,1-5H3,(H,33,36)(H,34,37);1H.